The molecule has 3 aromatic rings. The Morgan fingerprint density at radius 2 is 2.23 bits per heavy atom. The molecular weight excluding hydrogens is 456 g/mol. The maximum Gasteiger partial charge on any atom is 0.245 e. The number of thiophene rings is 1. The number of halogens is 1. The van der Waals surface area contributed by atoms with E-state index in [9.17, 15) is 9.59 Å². The van der Waals surface area contributed by atoms with Crippen molar-refractivity contribution in [3.63, 3.8) is 0 Å². The number of pyridine rings is 1. The number of likely N-dealkylation sites (tertiary alicyclic amines) is 1. The van der Waals surface area contributed by atoms with Gasteiger partial charge in [0.25, 0.3) is 0 Å². The molecular formula is C20H21ClN6O2S2. The van der Waals surface area contributed by atoms with Crippen LogP contribution < -0.4 is 5.32 Å². The van der Waals surface area contributed by atoms with Crippen molar-refractivity contribution in [2.45, 2.75) is 25.8 Å². The highest BCUT2D eigenvalue weighted by molar-refractivity contribution is 7.71. The first-order valence-electron chi connectivity index (χ1n) is 9.86. The largest absolute Gasteiger partial charge is 0.340 e. The van der Waals surface area contributed by atoms with Crippen LogP contribution in [0.4, 0.5) is 5.82 Å². The molecule has 0 saturated carbocycles. The summed E-state index contributed by atoms with van der Waals surface area (Å²) in [6.07, 6.45) is 2.94. The second kappa shape index (κ2) is 9.29. The van der Waals surface area contributed by atoms with Gasteiger partial charge in [-0.25, -0.2) is 4.98 Å². The number of hydrogen-bond donors (Lipinski definition) is 2. The number of anilines is 1. The number of carbonyl (C=O) groups is 2. The molecule has 0 aliphatic carbocycles. The lowest BCUT2D eigenvalue weighted by molar-refractivity contribution is -0.137. The van der Waals surface area contributed by atoms with Crippen LogP contribution in [0.15, 0.2) is 35.8 Å². The minimum Gasteiger partial charge on any atom is -0.340 e. The molecule has 2 unspecified atom stereocenters. The highest BCUT2D eigenvalue weighted by Crippen LogP contribution is 2.27. The van der Waals surface area contributed by atoms with Crippen LogP contribution in [0.1, 0.15) is 25.8 Å². The third-order valence-electron chi connectivity index (χ3n) is 5.27. The molecule has 2 atom stereocenters. The van der Waals surface area contributed by atoms with E-state index in [4.69, 9.17) is 23.8 Å². The van der Waals surface area contributed by atoms with E-state index in [2.05, 4.69) is 20.5 Å². The summed E-state index contributed by atoms with van der Waals surface area (Å²) in [4.78, 5) is 32.8. The van der Waals surface area contributed by atoms with Gasteiger partial charge < -0.3 is 10.2 Å². The lowest BCUT2D eigenvalue weighted by atomic mass is 9.96. The predicted molar refractivity (Wildman–Crippen MR) is 123 cm³/mol. The van der Waals surface area contributed by atoms with Crippen LogP contribution >= 0.6 is 35.2 Å². The van der Waals surface area contributed by atoms with Gasteiger partial charge in [-0.15, -0.1) is 11.3 Å². The van der Waals surface area contributed by atoms with Gasteiger partial charge >= 0.3 is 0 Å². The zero-order chi connectivity index (χ0) is 22.0. The van der Waals surface area contributed by atoms with Gasteiger partial charge in [0.2, 0.25) is 11.8 Å². The van der Waals surface area contributed by atoms with Crippen molar-refractivity contribution in [1.82, 2.24) is 24.6 Å². The number of amides is 2. The van der Waals surface area contributed by atoms with E-state index < -0.39 is 6.04 Å². The highest BCUT2D eigenvalue weighted by atomic mass is 35.5. The van der Waals surface area contributed by atoms with Gasteiger partial charge in [0.05, 0.1) is 15.8 Å². The number of aromatic nitrogens is 4. The summed E-state index contributed by atoms with van der Waals surface area (Å²) in [7, 11) is 0. The quantitative estimate of drug-likeness (QED) is 0.539. The summed E-state index contributed by atoms with van der Waals surface area (Å²) in [5.74, 6) is 0.533. The van der Waals surface area contributed by atoms with Gasteiger partial charge in [0.1, 0.15) is 11.9 Å². The van der Waals surface area contributed by atoms with E-state index in [1.165, 1.54) is 17.5 Å². The molecule has 162 valence electrons. The van der Waals surface area contributed by atoms with Crippen molar-refractivity contribution in [2.75, 3.05) is 18.4 Å². The summed E-state index contributed by atoms with van der Waals surface area (Å²) in [6, 6.07) is 6.65. The molecule has 0 bridgehead atoms. The molecule has 1 saturated heterocycles. The van der Waals surface area contributed by atoms with Crippen molar-refractivity contribution in [3.05, 3.63) is 45.6 Å². The molecule has 0 radical (unpaired) electrons. The molecule has 2 N–H and O–H groups in total. The normalized spacial score (nSPS) is 17.4. The Bertz CT molecular complexity index is 1130. The standard InChI is InChI=1S/C20H21ClN6O2S2/c1-12(27-17(24-25-20(27)30)15-5-3-9-31-15)19(29)26-8-2-4-13(11-26)18(28)23-16-7-6-14(21)10-22-16/h3,5-7,9-10,12-13H,2,4,8,11H2,1H3,(H,25,30)(H,22,23,28). The third kappa shape index (κ3) is 4.70. The number of H-pyrrole nitrogens is 1. The molecule has 31 heavy (non-hydrogen) atoms. The third-order valence-corrected chi connectivity index (χ3v) is 6.65. The van der Waals surface area contributed by atoms with Gasteiger partial charge in [0.15, 0.2) is 10.6 Å². The van der Waals surface area contributed by atoms with Gasteiger partial charge in [-0.05, 0) is 55.6 Å². The van der Waals surface area contributed by atoms with E-state index in [1.807, 2.05) is 24.4 Å². The number of aromatic amines is 1. The summed E-state index contributed by atoms with van der Waals surface area (Å²) in [5, 5.41) is 12.4. The molecule has 4 rings (SSSR count). The Kier molecular flexibility index (Phi) is 6.49. The SMILES string of the molecule is CC(C(=O)N1CCCC(C(=O)Nc2ccc(Cl)cn2)C1)n1c(-c2cccs2)n[nH]c1=S. The lowest BCUT2D eigenvalue weighted by Crippen LogP contribution is -2.46. The number of nitrogens with zero attached hydrogens (tertiary/aromatic N) is 4. The zero-order valence-electron chi connectivity index (χ0n) is 16.7. The maximum absolute atomic E-state index is 13.3. The van der Waals surface area contributed by atoms with E-state index in [-0.39, 0.29) is 17.7 Å². The fraction of sp³-hybridized carbons (Fsp3) is 0.350. The van der Waals surface area contributed by atoms with E-state index in [1.54, 1.807) is 21.6 Å². The van der Waals surface area contributed by atoms with E-state index in [0.29, 0.717) is 40.9 Å². The average molecular weight is 477 g/mol. The summed E-state index contributed by atoms with van der Waals surface area (Å²) < 4.78 is 2.13. The first-order chi connectivity index (χ1) is 14.9. The molecule has 1 fully saturated rings. The predicted octanol–water partition coefficient (Wildman–Crippen LogP) is 4.16. The number of rotatable bonds is 5. The van der Waals surface area contributed by atoms with Crippen LogP contribution in [-0.4, -0.2) is 49.6 Å². The fourth-order valence-corrected chi connectivity index (χ4v) is 4.80. The number of carbonyl (C=O) groups excluding carboxylic acids is 2. The lowest BCUT2D eigenvalue weighted by Gasteiger charge is -2.34. The Balaban J connectivity index is 1.47. The maximum atomic E-state index is 13.3. The Morgan fingerprint density at radius 1 is 1.39 bits per heavy atom. The van der Waals surface area contributed by atoms with Crippen LogP contribution in [-0.2, 0) is 9.59 Å². The van der Waals surface area contributed by atoms with Gasteiger partial charge in [-0.1, -0.05) is 17.7 Å². The molecule has 11 heteroatoms. The highest BCUT2D eigenvalue weighted by Gasteiger charge is 2.32. The van der Waals surface area contributed by atoms with Gasteiger partial charge in [0, 0.05) is 19.3 Å². The van der Waals surface area contributed by atoms with E-state index in [0.717, 1.165) is 11.3 Å². The van der Waals surface area contributed by atoms with Crippen molar-refractivity contribution >= 4 is 52.8 Å². The van der Waals surface area contributed by atoms with Crippen molar-refractivity contribution in [2.24, 2.45) is 5.92 Å². The molecule has 3 aromatic heterocycles. The molecule has 8 nitrogen and oxygen atoms in total. The van der Waals surface area contributed by atoms with Crippen LogP contribution in [0.3, 0.4) is 0 Å². The zero-order valence-corrected chi connectivity index (χ0v) is 19.1. The first-order valence-corrected chi connectivity index (χ1v) is 11.5. The second-order valence-electron chi connectivity index (χ2n) is 7.35. The Labute approximate surface area is 193 Å². The molecule has 0 aromatic carbocycles. The first kappa shape index (κ1) is 21.7. The smallest absolute Gasteiger partial charge is 0.245 e. The molecule has 1 aliphatic heterocycles. The molecule has 0 spiro atoms. The van der Waals surface area contributed by atoms with Gasteiger partial charge in [-0.2, -0.15) is 5.10 Å². The fourth-order valence-electron chi connectivity index (χ4n) is 3.69. The Morgan fingerprint density at radius 3 is 2.94 bits per heavy atom. The van der Waals surface area contributed by atoms with Crippen LogP contribution in [0.25, 0.3) is 10.7 Å². The van der Waals surface area contributed by atoms with Gasteiger partial charge in [-0.3, -0.25) is 19.3 Å². The van der Waals surface area contributed by atoms with Crippen molar-refractivity contribution in [1.29, 1.82) is 0 Å². The second-order valence-corrected chi connectivity index (χ2v) is 9.12. The molecule has 4 heterocycles. The number of nitrogens with one attached hydrogen (secondary N) is 2. The molecule has 2 amide bonds. The summed E-state index contributed by atoms with van der Waals surface area (Å²) >= 11 is 12.8. The summed E-state index contributed by atoms with van der Waals surface area (Å²) in [5.41, 5.74) is 0. The minimum absolute atomic E-state index is 0.0857. The van der Waals surface area contributed by atoms with Crippen LogP contribution in [0, 0.1) is 10.7 Å². The Hall–Kier alpha value is -2.56. The van der Waals surface area contributed by atoms with Crippen molar-refractivity contribution < 1.29 is 9.59 Å². The number of piperidine rings is 1. The number of hydrogen-bond acceptors (Lipinski definition) is 6. The van der Waals surface area contributed by atoms with Crippen molar-refractivity contribution in [3.8, 4) is 10.7 Å². The molecule has 1 aliphatic rings. The topological polar surface area (TPSA) is 95.9 Å². The van der Waals surface area contributed by atoms with Crippen LogP contribution in [0.5, 0.6) is 0 Å². The average Bonchev–Trinajstić information content (AvgIpc) is 3.44. The minimum atomic E-state index is -0.539. The van der Waals surface area contributed by atoms with E-state index >= 15 is 0 Å². The van der Waals surface area contributed by atoms with Crippen LogP contribution in [0.2, 0.25) is 5.02 Å². The monoisotopic (exact) mass is 476 g/mol. The summed E-state index contributed by atoms with van der Waals surface area (Å²) in [6.45, 7) is 2.76.